The summed E-state index contributed by atoms with van der Waals surface area (Å²) in [6, 6.07) is 7.67. The average molecular weight is 533 g/mol. The smallest absolute Gasteiger partial charge is 0.305 e. The zero-order valence-electron chi connectivity index (χ0n) is 14.9. The lowest BCUT2D eigenvalue weighted by Crippen LogP contribution is -2.33. The number of rotatable bonds is 9. The van der Waals surface area contributed by atoms with Crippen LogP contribution in [-0.2, 0) is 20.7 Å². The highest BCUT2D eigenvalue weighted by Gasteiger charge is 2.23. The predicted molar refractivity (Wildman–Crippen MR) is 112 cm³/mol. The fraction of sp³-hybridized carbons (Fsp3) is 0.263. The first-order valence-electron chi connectivity index (χ1n) is 8.26. The van der Waals surface area contributed by atoms with Crippen LogP contribution in [0.5, 0.6) is 0 Å². The number of hydrogen-bond acceptors (Lipinski definition) is 6. The Bertz CT molecular complexity index is 878. The van der Waals surface area contributed by atoms with Gasteiger partial charge < -0.3 is 4.74 Å². The van der Waals surface area contributed by atoms with Crippen LogP contribution in [0.2, 0.25) is 0 Å². The second kappa shape index (κ2) is 10.8. The van der Waals surface area contributed by atoms with Gasteiger partial charge in [0, 0.05) is 33.5 Å². The summed E-state index contributed by atoms with van der Waals surface area (Å²) in [6.45, 7) is 0. The van der Waals surface area contributed by atoms with Gasteiger partial charge in [0.25, 0.3) is 0 Å². The molecule has 0 amide bonds. The largest absolute Gasteiger partial charge is 0.469 e. The predicted octanol–water partition coefficient (Wildman–Crippen LogP) is 4.01. The van der Waals surface area contributed by atoms with Crippen molar-refractivity contribution in [2.24, 2.45) is 0 Å². The third-order valence-corrected chi connectivity index (χ3v) is 6.15. The van der Waals surface area contributed by atoms with Gasteiger partial charge >= 0.3 is 5.97 Å². The van der Waals surface area contributed by atoms with Gasteiger partial charge in [-0.3, -0.25) is 19.4 Å². The molecule has 1 N–H and O–H groups in total. The summed E-state index contributed by atoms with van der Waals surface area (Å²) in [5, 5.41) is 0. The second-order valence-corrected chi connectivity index (χ2v) is 7.81. The lowest BCUT2D eigenvalue weighted by atomic mass is 9.94. The van der Waals surface area contributed by atoms with E-state index in [1.54, 1.807) is 30.3 Å². The fourth-order valence-corrected chi connectivity index (χ4v) is 3.50. The lowest BCUT2D eigenvalue weighted by Gasteiger charge is -2.15. The topological polar surface area (TPSA) is 85.4 Å². The van der Waals surface area contributed by atoms with Crippen molar-refractivity contribution in [2.45, 2.75) is 25.3 Å². The van der Waals surface area contributed by atoms with E-state index in [0.29, 0.717) is 20.1 Å². The molecule has 0 fully saturated rings. The first-order valence-corrected chi connectivity index (χ1v) is 10.2. The van der Waals surface area contributed by atoms with Crippen LogP contribution in [0.15, 0.2) is 45.5 Å². The molecule has 0 saturated carbocycles. The molecule has 1 heterocycles. The molecule has 0 bridgehead atoms. The molecule has 9 heteroatoms. The van der Waals surface area contributed by atoms with E-state index in [1.165, 1.54) is 13.3 Å². The van der Waals surface area contributed by atoms with Crippen LogP contribution in [0.25, 0.3) is 0 Å². The van der Waals surface area contributed by atoms with Crippen molar-refractivity contribution in [2.75, 3.05) is 7.11 Å². The van der Waals surface area contributed by atoms with Crippen LogP contribution < -0.4 is 4.84 Å². The number of pyridine rings is 1. The molecule has 0 unspecified atom stereocenters. The number of ether oxygens (including phenoxy) is 1. The number of nitrogens with zero attached hydrogens (tertiary/aromatic N) is 1. The van der Waals surface area contributed by atoms with E-state index in [9.17, 15) is 14.4 Å². The standard InChI is InChI=1S/C19H17Br2ClN2O4/c1-28-18(26)6-5-15(24-22)17(25)9-11-8-13(20)14(21)10-12(11)19(27)16-4-2-3-7-23-16/h2-4,7-8,10,15,24H,5-6,9H2,1H3/t15-/m1/s1. The molecule has 0 aliphatic rings. The van der Waals surface area contributed by atoms with Crippen LogP contribution >= 0.6 is 43.6 Å². The van der Waals surface area contributed by atoms with Crippen molar-refractivity contribution >= 4 is 61.2 Å². The number of Topliss-reactive ketones (excluding diaryl/α,β-unsaturated/α-hetero) is 1. The number of hydrogen-bond donors (Lipinski definition) is 1. The monoisotopic (exact) mass is 530 g/mol. The first-order chi connectivity index (χ1) is 13.4. The highest BCUT2D eigenvalue weighted by Crippen LogP contribution is 2.29. The van der Waals surface area contributed by atoms with E-state index < -0.39 is 12.0 Å². The third-order valence-electron chi connectivity index (χ3n) is 4.04. The summed E-state index contributed by atoms with van der Waals surface area (Å²) in [6.07, 6.45) is 1.74. The van der Waals surface area contributed by atoms with Gasteiger partial charge in [-0.2, -0.15) is 0 Å². The number of halogens is 3. The normalized spacial score (nSPS) is 11.7. The molecule has 0 aliphatic carbocycles. The molecular formula is C19H17Br2ClN2O4. The molecule has 0 aliphatic heterocycles. The van der Waals surface area contributed by atoms with Gasteiger partial charge in [0.05, 0.1) is 13.2 Å². The van der Waals surface area contributed by atoms with Gasteiger partial charge in [-0.25, -0.2) is 4.84 Å². The van der Waals surface area contributed by atoms with Crippen LogP contribution in [0, 0.1) is 0 Å². The molecule has 148 valence electrons. The van der Waals surface area contributed by atoms with Crippen molar-refractivity contribution in [3.05, 3.63) is 62.3 Å². The molecule has 0 saturated heterocycles. The molecule has 1 aromatic carbocycles. The SMILES string of the molecule is COC(=O)CC[C@@H](NCl)C(=O)Cc1cc(Br)c(Br)cc1C(=O)c1ccccn1. The van der Waals surface area contributed by atoms with Crippen LogP contribution in [0.4, 0.5) is 0 Å². The molecule has 0 radical (unpaired) electrons. The molecule has 28 heavy (non-hydrogen) atoms. The fourth-order valence-electron chi connectivity index (χ4n) is 2.53. The number of methoxy groups -OCH3 is 1. The first kappa shape index (κ1) is 22.7. The Balaban J connectivity index is 2.29. The molecule has 0 spiro atoms. The summed E-state index contributed by atoms with van der Waals surface area (Å²) < 4.78 is 5.97. The van der Waals surface area contributed by atoms with Crippen LogP contribution in [0.3, 0.4) is 0 Å². The maximum absolute atomic E-state index is 12.9. The quantitative estimate of drug-likeness (QED) is 0.298. The Morgan fingerprint density at radius 1 is 1.21 bits per heavy atom. The Hall–Kier alpha value is -1.61. The van der Waals surface area contributed by atoms with Gasteiger partial charge in [-0.1, -0.05) is 6.07 Å². The molecular weight excluding hydrogens is 515 g/mol. The minimum atomic E-state index is -0.749. The van der Waals surface area contributed by atoms with Crippen LogP contribution in [0.1, 0.15) is 34.5 Å². The summed E-state index contributed by atoms with van der Waals surface area (Å²) >= 11 is 12.5. The van der Waals surface area contributed by atoms with Gasteiger partial charge in [0.2, 0.25) is 5.78 Å². The molecule has 1 atom stereocenters. The summed E-state index contributed by atoms with van der Waals surface area (Å²) in [7, 11) is 1.28. The summed E-state index contributed by atoms with van der Waals surface area (Å²) in [4.78, 5) is 43.4. The number of carbonyl (C=O) groups excluding carboxylic acids is 3. The van der Waals surface area contributed by atoms with Crippen LogP contribution in [-0.4, -0.2) is 35.7 Å². The van der Waals surface area contributed by atoms with E-state index >= 15 is 0 Å². The van der Waals surface area contributed by atoms with Crippen molar-refractivity contribution in [3.63, 3.8) is 0 Å². The van der Waals surface area contributed by atoms with Crippen molar-refractivity contribution in [1.82, 2.24) is 9.82 Å². The Kier molecular flexibility index (Phi) is 8.75. The number of ketones is 2. The zero-order chi connectivity index (χ0) is 20.7. The van der Waals surface area contributed by atoms with Gasteiger partial charge in [-0.05, 0) is 79.9 Å². The van der Waals surface area contributed by atoms with E-state index in [-0.39, 0.29) is 36.5 Å². The van der Waals surface area contributed by atoms with Gasteiger partial charge in [0.15, 0.2) is 5.78 Å². The van der Waals surface area contributed by atoms with E-state index in [1.807, 2.05) is 0 Å². The number of carbonyl (C=O) groups is 3. The molecule has 2 aromatic rings. The Morgan fingerprint density at radius 2 is 1.93 bits per heavy atom. The average Bonchev–Trinajstić information content (AvgIpc) is 2.70. The maximum Gasteiger partial charge on any atom is 0.305 e. The minimum Gasteiger partial charge on any atom is -0.469 e. The van der Waals surface area contributed by atoms with E-state index in [2.05, 4.69) is 46.4 Å². The van der Waals surface area contributed by atoms with E-state index in [4.69, 9.17) is 11.8 Å². The highest BCUT2D eigenvalue weighted by atomic mass is 79.9. The molecule has 6 nitrogen and oxygen atoms in total. The lowest BCUT2D eigenvalue weighted by molar-refractivity contribution is -0.140. The highest BCUT2D eigenvalue weighted by molar-refractivity contribution is 9.13. The zero-order valence-corrected chi connectivity index (χ0v) is 18.8. The van der Waals surface area contributed by atoms with Gasteiger partial charge in [0.1, 0.15) is 5.69 Å². The Morgan fingerprint density at radius 3 is 2.54 bits per heavy atom. The minimum absolute atomic E-state index is 0.0364. The van der Waals surface area contributed by atoms with E-state index in [0.717, 1.165) is 0 Å². The third kappa shape index (κ3) is 5.94. The number of aromatic nitrogens is 1. The second-order valence-electron chi connectivity index (χ2n) is 5.89. The van der Waals surface area contributed by atoms with Crippen molar-refractivity contribution in [1.29, 1.82) is 0 Å². The maximum atomic E-state index is 12.9. The number of esters is 1. The number of benzene rings is 1. The Labute approximate surface area is 184 Å². The van der Waals surface area contributed by atoms with Gasteiger partial charge in [-0.15, -0.1) is 0 Å². The summed E-state index contributed by atoms with van der Waals surface area (Å²) in [5.74, 6) is -0.966. The molecule has 1 aromatic heterocycles. The van der Waals surface area contributed by atoms with Crippen molar-refractivity contribution in [3.8, 4) is 0 Å². The molecule has 2 rings (SSSR count). The number of nitrogens with one attached hydrogen (secondary N) is 1. The summed E-state index contributed by atoms with van der Waals surface area (Å²) in [5.41, 5.74) is 1.18. The van der Waals surface area contributed by atoms with Crippen molar-refractivity contribution < 1.29 is 19.1 Å².